The van der Waals surface area contributed by atoms with Crippen molar-refractivity contribution in [2.24, 2.45) is 0 Å². The molecule has 39 heavy (non-hydrogen) atoms. The van der Waals surface area contributed by atoms with E-state index in [9.17, 15) is 22.8 Å². The summed E-state index contributed by atoms with van der Waals surface area (Å²) in [5, 5.41) is 72.0. The third kappa shape index (κ3) is 38.4. The normalized spacial score (nSPS) is 16.5. The van der Waals surface area contributed by atoms with E-state index in [0.29, 0.717) is 0 Å². The van der Waals surface area contributed by atoms with Crippen LogP contribution in [0.1, 0.15) is 0 Å². The zero-order chi connectivity index (χ0) is 32.3. The summed E-state index contributed by atoms with van der Waals surface area (Å²) in [7, 11) is -29.3. The van der Waals surface area contributed by atoms with Crippen LogP contribution in [0.2, 0.25) is 0 Å². The number of rotatable bonds is 14. The fourth-order valence-electron chi connectivity index (χ4n) is 0.748. The third-order valence-corrected chi connectivity index (χ3v) is 8.75. The maximum atomic E-state index is 11.0. The van der Waals surface area contributed by atoms with E-state index in [1.54, 1.807) is 0 Å². The van der Waals surface area contributed by atoms with Gasteiger partial charge in [0.05, 0.1) is 39.6 Å². The van der Waals surface area contributed by atoms with Crippen molar-refractivity contribution in [3.8, 4) is 0 Å². The van der Waals surface area contributed by atoms with E-state index in [1.165, 1.54) is 0 Å². The Bertz CT molecular complexity index is 765. The first kappa shape index (κ1) is 46.3. The summed E-state index contributed by atoms with van der Waals surface area (Å²) < 4.78 is 65.6. The van der Waals surface area contributed by atoms with Crippen LogP contribution >= 0.6 is 39.1 Å². The van der Waals surface area contributed by atoms with Crippen molar-refractivity contribution in [2.45, 2.75) is 18.3 Å². The predicted octanol–water partition coefficient (Wildman–Crippen LogP) is -5.46. The maximum absolute atomic E-state index is 11.0. The highest BCUT2D eigenvalue weighted by molar-refractivity contribution is 7.71. The van der Waals surface area contributed by atoms with Gasteiger partial charge < -0.3 is 80.2 Å². The summed E-state index contributed by atoms with van der Waals surface area (Å²) in [6, 6.07) is 0. The molecule has 0 amide bonds. The molecule has 0 aliphatic rings. The van der Waals surface area contributed by atoms with E-state index in [2.05, 4.69) is 17.2 Å². The summed E-state index contributed by atoms with van der Waals surface area (Å²) >= 11 is 0. The van der Waals surface area contributed by atoms with E-state index in [1.807, 2.05) is 0 Å². The first-order chi connectivity index (χ1) is 17.3. The summed E-state index contributed by atoms with van der Waals surface area (Å²) in [5.41, 5.74) is 0. The molecule has 0 aromatic rings. The van der Waals surface area contributed by atoms with Crippen LogP contribution in [0.15, 0.2) is 0 Å². The second-order valence-electron chi connectivity index (χ2n) is 5.77. The van der Waals surface area contributed by atoms with Gasteiger partial charge in [0, 0.05) is 0 Å². The molecule has 30 heteroatoms. The van der Waals surface area contributed by atoms with Gasteiger partial charge in [-0.05, 0) is 0 Å². The number of aliphatic hydroxyl groups excluding tert-OH is 9. The lowest BCUT2D eigenvalue weighted by molar-refractivity contribution is 0.0450. The Balaban J connectivity index is -0.000000274. The molecule has 2 unspecified atom stereocenters. The molecule has 0 radical (unpaired) electrons. The van der Waals surface area contributed by atoms with Gasteiger partial charge in [-0.15, -0.1) is 0 Å². The summed E-state index contributed by atoms with van der Waals surface area (Å²) in [6.45, 7) is -2.19. The highest BCUT2D eigenvalue weighted by atomic mass is 31.3. The first-order valence-electron chi connectivity index (χ1n) is 8.89. The molecule has 0 spiro atoms. The summed E-state index contributed by atoms with van der Waals surface area (Å²) in [6.07, 6.45) is -2.86. The molecular weight excluding hydrogens is 663 g/mol. The van der Waals surface area contributed by atoms with Crippen LogP contribution in [0.25, 0.3) is 0 Å². The zero-order valence-corrected chi connectivity index (χ0v) is 23.5. The highest BCUT2D eigenvalue weighted by Crippen LogP contribution is 2.72. The Morgan fingerprint density at radius 1 is 0.385 bits per heavy atom. The fourth-order valence-corrected chi connectivity index (χ4v) is 6.15. The smallest absolute Gasteiger partial charge is 0.394 e. The lowest BCUT2D eigenvalue weighted by atomic mass is 10.4. The van der Waals surface area contributed by atoms with Crippen molar-refractivity contribution in [2.75, 3.05) is 39.6 Å². The van der Waals surface area contributed by atoms with Crippen molar-refractivity contribution in [3.05, 3.63) is 0 Å². The Morgan fingerprint density at radius 3 is 0.641 bits per heavy atom. The molecule has 0 aromatic carbocycles. The molecule has 0 bridgehead atoms. The minimum Gasteiger partial charge on any atom is -0.394 e. The molecule has 0 saturated heterocycles. The van der Waals surface area contributed by atoms with Crippen LogP contribution in [0.5, 0.6) is 0 Å². The number of phosphoric acid groups is 5. The largest absolute Gasteiger partial charge is 0.490 e. The monoisotopic (exact) mass is 694 g/mol. The lowest BCUT2D eigenvalue weighted by Crippen LogP contribution is -2.15. The lowest BCUT2D eigenvalue weighted by Gasteiger charge is -2.18. The van der Waals surface area contributed by atoms with Gasteiger partial charge in [-0.2, -0.15) is 17.2 Å². The molecule has 0 heterocycles. The molecular formula is C9H31O25P5. The highest BCUT2D eigenvalue weighted by Gasteiger charge is 2.46. The standard InChI is InChI=1S/3C3H8O3.H7O16P5/c3*4-1-3(6)2-5;1-17(2,3)13-19(7,8)15-21(11,12)16-20(9,10)14-18(4,5)6/h3*3-6H,1-2H2;(H,7,8)(H,9,10)(H,11,12)(H2,1,2,3)(H2,4,5,6). The molecule has 0 aliphatic heterocycles. The van der Waals surface area contributed by atoms with E-state index in [0.717, 1.165) is 0 Å². The van der Waals surface area contributed by atoms with Crippen molar-refractivity contribution in [3.63, 3.8) is 0 Å². The Hall–Kier alpha value is 0.350. The second-order valence-corrected chi connectivity index (χ2v) is 13.2. The Labute approximate surface area is 218 Å². The average molecular weight is 694 g/mol. The molecule has 0 aliphatic carbocycles. The Morgan fingerprint density at radius 2 is 0.538 bits per heavy atom. The van der Waals surface area contributed by atoms with Crippen molar-refractivity contribution in [1.82, 2.24) is 0 Å². The third-order valence-electron chi connectivity index (χ3n) is 2.10. The van der Waals surface area contributed by atoms with E-state index < -0.39 is 57.4 Å². The van der Waals surface area contributed by atoms with Crippen LogP contribution in [-0.2, 0) is 40.1 Å². The second kappa shape index (κ2) is 22.0. The van der Waals surface area contributed by atoms with E-state index in [4.69, 9.17) is 80.2 Å². The van der Waals surface area contributed by atoms with Gasteiger partial charge >= 0.3 is 39.1 Å². The molecule has 0 rings (SSSR count). The molecule has 0 aromatic heterocycles. The topological polar surface area (TPSA) is 446 Å². The minimum atomic E-state index is -6.07. The fraction of sp³-hybridized carbons (Fsp3) is 1.00. The van der Waals surface area contributed by atoms with Gasteiger partial charge in [0.1, 0.15) is 18.3 Å². The zero-order valence-electron chi connectivity index (χ0n) is 19.0. The van der Waals surface area contributed by atoms with Crippen LogP contribution in [0, 0.1) is 0 Å². The van der Waals surface area contributed by atoms with Crippen molar-refractivity contribution < 1.29 is 120 Å². The molecule has 16 N–H and O–H groups in total. The first-order valence-corrected chi connectivity index (χ1v) is 16.4. The number of aliphatic hydroxyl groups is 9. The van der Waals surface area contributed by atoms with Crippen molar-refractivity contribution in [1.29, 1.82) is 0 Å². The molecule has 0 saturated carbocycles. The van der Waals surface area contributed by atoms with Crippen LogP contribution in [0.4, 0.5) is 0 Å². The quantitative estimate of drug-likeness (QED) is 0.0754. The van der Waals surface area contributed by atoms with E-state index >= 15 is 0 Å². The van der Waals surface area contributed by atoms with Gasteiger partial charge in [0.2, 0.25) is 0 Å². The predicted molar refractivity (Wildman–Crippen MR) is 118 cm³/mol. The minimum absolute atomic E-state index is 0.365. The van der Waals surface area contributed by atoms with Crippen LogP contribution in [-0.4, -0.2) is 138 Å². The number of hydrogen-bond acceptors (Lipinski definition) is 18. The van der Waals surface area contributed by atoms with Crippen LogP contribution in [0.3, 0.4) is 0 Å². The average Bonchev–Trinajstić information content (AvgIpc) is 2.73. The van der Waals surface area contributed by atoms with Gasteiger partial charge in [-0.25, -0.2) is 22.8 Å². The van der Waals surface area contributed by atoms with Gasteiger partial charge in [-0.1, -0.05) is 0 Å². The van der Waals surface area contributed by atoms with E-state index in [-0.39, 0.29) is 39.6 Å². The molecule has 0 fully saturated rings. The Kier molecular flexibility index (Phi) is 26.1. The molecule has 242 valence electrons. The number of hydrogen-bond donors (Lipinski definition) is 16. The van der Waals surface area contributed by atoms with Crippen LogP contribution < -0.4 is 0 Å². The molecule has 2 atom stereocenters. The maximum Gasteiger partial charge on any atom is 0.490 e. The SMILES string of the molecule is O=P(O)(O)OP(=O)(O)OP(=O)(O)OP(=O)(O)OP(=O)(O)O.OCC(O)CO.OCC(O)CO.OCC(O)CO. The van der Waals surface area contributed by atoms with Gasteiger partial charge in [0.25, 0.3) is 0 Å². The van der Waals surface area contributed by atoms with Gasteiger partial charge in [0.15, 0.2) is 0 Å². The summed E-state index contributed by atoms with van der Waals surface area (Å²) in [5.74, 6) is 0. The van der Waals surface area contributed by atoms with Gasteiger partial charge in [-0.3, -0.25) is 0 Å². The molecule has 25 nitrogen and oxygen atoms in total. The van der Waals surface area contributed by atoms with Crippen molar-refractivity contribution >= 4 is 39.1 Å². The summed E-state index contributed by atoms with van der Waals surface area (Å²) in [4.78, 5) is 58.7.